The van der Waals surface area contributed by atoms with Gasteiger partial charge < -0.3 is 15.4 Å². The highest BCUT2D eigenvalue weighted by molar-refractivity contribution is 5.55. The summed E-state index contributed by atoms with van der Waals surface area (Å²) in [5.74, 6) is 0.947. The van der Waals surface area contributed by atoms with Crippen LogP contribution in [0.15, 0.2) is 28.8 Å². The minimum atomic E-state index is 0.129. The lowest BCUT2D eigenvalue weighted by molar-refractivity contribution is 0.299. The number of aromatic nitrogens is 2. The molecule has 0 aliphatic rings. The Balaban J connectivity index is 2.28. The summed E-state index contributed by atoms with van der Waals surface area (Å²) >= 11 is 0. The number of hydrogen-bond donors (Lipinski definition) is 2. The summed E-state index contributed by atoms with van der Waals surface area (Å²) in [5, 5.41) is 12.7. The number of nitrogens with two attached hydrogens (primary N) is 1. The Morgan fingerprint density at radius 1 is 1.38 bits per heavy atom. The van der Waals surface area contributed by atoms with Gasteiger partial charge in [-0.25, -0.2) is 0 Å². The zero-order valence-corrected chi connectivity index (χ0v) is 8.76. The maximum Gasteiger partial charge on any atom is 0.240 e. The quantitative estimate of drug-likeness (QED) is 0.791. The SMILES string of the molecule is NCc1nc(-c2cccc(CCO)c2)no1. The van der Waals surface area contributed by atoms with E-state index in [4.69, 9.17) is 15.4 Å². The summed E-state index contributed by atoms with van der Waals surface area (Å²) in [5.41, 5.74) is 7.30. The molecule has 0 saturated carbocycles. The molecular weight excluding hydrogens is 206 g/mol. The van der Waals surface area contributed by atoms with Crippen LogP contribution in [0.4, 0.5) is 0 Å². The van der Waals surface area contributed by atoms with E-state index in [1.54, 1.807) is 0 Å². The van der Waals surface area contributed by atoms with E-state index in [9.17, 15) is 0 Å². The largest absolute Gasteiger partial charge is 0.396 e. The lowest BCUT2D eigenvalue weighted by Crippen LogP contribution is -1.95. The molecule has 0 bridgehead atoms. The van der Waals surface area contributed by atoms with Crippen LogP contribution in [-0.4, -0.2) is 21.9 Å². The van der Waals surface area contributed by atoms with Crippen LogP contribution in [-0.2, 0) is 13.0 Å². The van der Waals surface area contributed by atoms with E-state index in [0.29, 0.717) is 18.1 Å². The normalized spacial score (nSPS) is 10.6. The monoisotopic (exact) mass is 219 g/mol. The summed E-state index contributed by atoms with van der Waals surface area (Å²) in [6.45, 7) is 0.368. The third kappa shape index (κ3) is 2.26. The fourth-order valence-electron chi connectivity index (χ4n) is 1.45. The zero-order valence-electron chi connectivity index (χ0n) is 8.76. The van der Waals surface area contributed by atoms with Crippen molar-refractivity contribution in [3.8, 4) is 11.4 Å². The van der Waals surface area contributed by atoms with Crippen LogP contribution in [0, 0.1) is 0 Å². The van der Waals surface area contributed by atoms with Gasteiger partial charge in [-0.05, 0) is 18.1 Å². The average molecular weight is 219 g/mol. The molecule has 5 nitrogen and oxygen atoms in total. The highest BCUT2D eigenvalue weighted by Gasteiger charge is 2.07. The van der Waals surface area contributed by atoms with E-state index >= 15 is 0 Å². The van der Waals surface area contributed by atoms with Crippen LogP contribution in [0.2, 0.25) is 0 Å². The second kappa shape index (κ2) is 4.87. The predicted octanol–water partition coefficient (Wildman–Crippen LogP) is 0.730. The lowest BCUT2D eigenvalue weighted by atomic mass is 10.1. The molecule has 0 radical (unpaired) electrons. The maximum absolute atomic E-state index is 8.86. The van der Waals surface area contributed by atoms with E-state index in [1.807, 2.05) is 24.3 Å². The number of aliphatic hydroxyl groups is 1. The number of hydrogen-bond acceptors (Lipinski definition) is 5. The lowest BCUT2D eigenvalue weighted by Gasteiger charge is -1.99. The molecule has 0 fully saturated rings. The Bertz CT molecular complexity index is 468. The molecule has 3 N–H and O–H groups in total. The maximum atomic E-state index is 8.86. The molecule has 2 rings (SSSR count). The Morgan fingerprint density at radius 3 is 2.94 bits per heavy atom. The van der Waals surface area contributed by atoms with Gasteiger partial charge in [0, 0.05) is 12.2 Å². The van der Waals surface area contributed by atoms with Gasteiger partial charge in [-0.3, -0.25) is 0 Å². The molecule has 0 amide bonds. The third-order valence-electron chi connectivity index (χ3n) is 2.23. The topological polar surface area (TPSA) is 85.2 Å². The van der Waals surface area contributed by atoms with E-state index in [-0.39, 0.29) is 13.2 Å². The van der Waals surface area contributed by atoms with Crippen LogP contribution < -0.4 is 5.73 Å². The second-order valence-electron chi connectivity index (χ2n) is 3.39. The molecule has 84 valence electrons. The minimum Gasteiger partial charge on any atom is -0.396 e. The Labute approximate surface area is 92.9 Å². The van der Waals surface area contributed by atoms with Crippen LogP contribution in [0.5, 0.6) is 0 Å². The second-order valence-corrected chi connectivity index (χ2v) is 3.39. The number of rotatable bonds is 4. The Hall–Kier alpha value is -1.72. The molecule has 2 aromatic rings. The van der Waals surface area contributed by atoms with Gasteiger partial charge in [-0.1, -0.05) is 23.4 Å². The van der Waals surface area contributed by atoms with E-state index in [0.717, 1.165) is 11.1 Å². The molecule has 0 saturated heterocycles. The standard InChI is InChI=1S/C11H13N3O2/c12-7-10-13-11(14-16-10)9-3-1-2-8(6-9)4-5-15/h1-3,6,15H,4-5,7,12H2. The first-order chi connectivity index (χ1) is 7.83. The van der Waals surface area contributed by atoms with Crippen molar-refractivity contribution in [2.75, 3.05) is 6.61 Å². The van der Waals surface area contributed by atoms with Crippen LogP contribution in [0.1, 0.15) is 11.5 Å². The summed E-state index contributed by atoms with van der Waals surface area (Å²) < 4.78 is 4.93. The smallest absolute Gasteiger partial charge is 0.240 e. The molecule has 1 heterocycles. The van der Waals surface area contributed by atoms with Crippen molar-refractivity contribution in [1.82, 2.24) is 10.1 Å². The van der Waals surface area contributed by atoms with Crippen LogP contribution in [0.3, 0.4) is 0 Å². The molecule has 0 unspecified atom stereocenters. The van der Waals surface area contributed by atoms with Gasteiger partial charge in [0.2, 0.25) is 11.7 Å². The van der Waals surface area contributed by atoms with E-state index in [2.05, 4.69) is 10.1 Å². The molecule has 1 aromatic carbocycles. The van der Waals surface area contributed by atoms with Crippen molar-refractivity contribution in [3.63, 3.8) is 0 Å². The van der Waals surface area contributed by atoms with Crippen molar-refractivity contribution in [1.29, 1.82) is 0 Å². The fraction of sp³-hybridized carbons (Fsp3) is 0.273. The van der Waals surface area contributed by atoms with Gasteiger partial charge in [-0.2, -0.15) is 4.98 Å². The van der Waals surface area contributed by atoms with Gasteiger partial charge >= 0.3 is 0 Å². The first-order valence-electron chi connectivity index (χ1n) is 5.06. The van der Waals surface area contributed by atoms with Crippen LogP contribution >= 0.6 is 0 Å². The number of nitrogens with zero attached hydrogens (tertiary/aromatic N) is 2. The highest BCUT2D eigenvalue weighted by atomic mass is 16.5. The van der Waals surface area contributed by atoms with Crippen molar-refractivity contribution < 1.29 is 9.63 Å². The summed E-state index contributed by atoms with van der Waals surface area (Å²) in [4.78, 5) is 4.13. The van der Waals surface area contributed by atoms with Gasteiger partial charge in [0.1, 0.15) is 0 Å². The molecule has 0 aliphatic heterocycles. The summed E-state index contributed by atoms with van der Waals surface area (Å²) in [6, 6.07) is 7.68. The molecule has 0 spiro atoms. The molecule has 0 aliphatic carbocycles. The average Bonchev–Trinajstić information content (AvgIpc) is 2.78. The van der Waals surface area contributed by atoms with Crippen LogP contribution in [0.25, 0.3) is 11.4 Å². The van der Waals surface area contributed by atoms with Crippen molar-refractivity contribution in [3.05, 3.63) is 35.7 Å². The van der Waals surface area contributed by atoms with Gasteiger partial charge in [0.25, 0.3) is 0 Å². The van der Waals surface area contributed by atoms with Crippen molar-refractivity contribution in [2.45, 2.75) is 13.0 Å². The molecule has 0 atom stereocenters. The molecule has 1 aromatic heterocycles. The zero-order chi connectivity index (χ0) is 11.4. The highest BCUT2D eigenvalue weighted by Crippen LogP contribution is 2.17. The molecule has 5 heteroatoms. The first-order valence-corrected chi connectivity index (χ1v) is 5.06. The molecule has 16 heavy (non-hydrogen) atoms. The minimum absolute atomic E-state index is 0.129. The first kappa shape index (κ1) is 10.8. The number of benzene rings is 1. The van der Waals surface area contributed by atoms with E-state index < -0.39 is 0 Å². The van der Waals surface area contributed by atoms with E-state index in [1.165, 1.54) is 0 Å². The Kier molecular flexibility index (Phi) is 3.28. The number of aliphatic hydroxyl groups excluding tert-OH is 1. The summed E-state index contributed by atoms with van der Waals surface area (Å²) in [6.07, 6.45) is 0.620. The van der Waals surface area contributed by atoms with Crippen molar-refractivity contribution >= 4 is 0 Å². The predicted molar refractivity (Wildman–Crippen MR) is 58.4 cm³/mol. The van der Waals surface area contributed by atoms with Gasteiger partial charge in [0.15, 0.2) is 0 Å². The van der Waals surface area contributed by atoms with Crippen molar-refractivity contribution in [2.24, 2.45) is 5.73 Å². The third-order valence-corrected chi connectivity index (χ3v) is 2.23. The molecular formula is C11H13N3O2. The Morgan fingerprint density at radius 2 is 2.25 bits per heavy atom. The van der Waals surface area contributed by atoms with Gasteiger partial charge in [0.05, 0.1) is 6.54 Å². The fourth-order valence-corrected chi connectivity index (χ4v) is 1.45. The summed E-state index contributed by atoms with van der Waals surface area (Å²) in [7, 11) is 0. The van der Waals surface area contributed by atoms with Gasteiger partial charge in [-0.15, -0.1) is 0 Å².